The van der Waals surface area contributed by atoms with Crippen LogP contribution in [0.4, 0.5) is 17.1 Å². The van der Waals surface area contributed by atoms with E-state index >= 15 is 0 Å². The van der Waals surface area contributed by atoms with Crippen molar-refractivity contribution in [3.05, 3.63) is 249 Å². The van der Waals surface area contributed by atoms with Crippen LogP contribution in [0.1, 0.15) is 0 Å². The third-order valence-corrected chi connectivity index (χ3v) is 13.4. The lowest BCUT2D eigenvalue weighted by Crippen LogP contribution is -2.10. The zero-order chi connectivity index (χ0) is 43.6. The van der Waals surface area contributed by atoms with Gasteiger partial charge in [-0.1, -0.05) is 200 Å². The van der Waals surface area contributed by atoms with Crippen LogP contribution in [0.15, 0.2) is 253 Å². The lowest BCUT2D eigenvalue weighted by atomic mass is 9.84. The maximum absolute atomic E-state index is 6.76. The van der Waals surface area contributed by atoms with Gasteiger partial charge < -0.3 is 9.32 Å². The van der Waals surface area contributed by atoms with Gasteiger partial charge in [0.25, 0.3) is 0 Å². The molecule has 0 radical (unpaired) electrons. The molecule has 0 N–H and O–H groups in total. The van der Waals surface area contributed by atoms with Gasteiger partial charge in [0.15, 0.2) is 0 Å². The molecule has 0 aliphatic heterocycles. The van der Waals surface area contributed by atoms with Gasteiger partial charge in [0.1, 0.15) is 11.2 Å². The number of benzene rings is 12. The van der Waals surface area contributed by atoms with Crippen molar-refractivity contribution < 1.29 is 4.42 Å². The van der Waals surface area contributed by atoms with Crippen molar-refractivity contribution in [3.63, 3.8) is 0 Å². The Hall–Kier alpha value is -8.72. The lowest BCUT2D eigenvalue weighted by Gasteiger charge is -2.27. The summed E-state index contributed by atoms with van der Waals surface area (Å²) in [6.45, 7) is 0. The minimum Gasteiger partial charge on any atom is -0.455 e. The standard InChI is InChI=1S/C64H41NO/c1-3-18-45(19-4-1)61-56-28-12-11-27-54(56)55-38-35-47(41-58(55)62(61)46-20-5-2-6-21-46)42-32-36-49(37-33-42)65(50-24-13-23-48(40-50)52-29-14-22-43-16-7-9-25-51(43)52)59-30-15-31-60-63(59)57-39-34-44-17-8-10-26-53(44)64(57)66-60/h1-41H. The molecule has 13 rings (SSSR count). The average molecular weight is 840 g/mol. The third kappa shape index (κ3) is 6.18. The van der Waals surface area contributed by atoms with Gasteiger partial charge in [0.2, 0.25) is 0 Å². The van der Waals surface area contributed by atoms with Gasteiger partial charge in [0, 0.05) is 22.1 Å². The van der Waals surface area contributed by atoms with E-state index in [0.29, 0.717) is 0 Å². The van der Waals surface area contributed by atoms with Gasteiger partial charge in [-0.25, -0.2) is 0 Å². The molecule has 0 bridgehead atoms. The quantitative estimate of drug-likeness (QED) is 0.149. The summed E-state index contributed by atoms with van der Waals surface area (Å²) in [5.74, 6) is 0. The van der Waals surface area contributed by atoms with Crippen LogP contribution in [0.5, 0.6) is 0 Å². The smallest absolute Gasteiger partial charge is 0.143 e. The molecule has 0 fully saturated rings. The fourth-order valence-electron chi connectivity index (χ4n) is 10.4. The van der Waals surface area contributed by atoms with E-state index in [1.54, 1.807) is 0 Å². The Morgan fingerprint density at radius 1 is 0.288 bits per heavy atom. The first-order chi connectivity index (χ1) is 32.7. The van der Waals surface area contributed by atoms with Crippen molar-refractivity contribution >= 4 is 82.1 Å². The van der Waals surface area contributed by atoms with Crippen molar-refractivity contribution in [2.45, 2.75) is 0 Å². The van der Waals surface area contributed by atoms with Crippen LogP contribution in [0.3, 0.4) is 0 Å². The first kappa shape index (κ1) is 37.8. The van der Waals surface area contributed by atoms with Gasteiger partial charge in [-0.2, -0.15) is 0 Å². The van der Waals surface area contributed by atoms with E-state index in [1.807, 2.05) is 0 Å². The molecule has 0 unspecified atom stereocenters. The number of hydrogen-bond acceptors (Lipinski definition) is 2. The molecule has 0 amide bonds. The molecule has 308 valence electrons. The van der Waals surface area contributed by atoms with Crippen LogP contribution in [0.25, 0.3) is 110 Å². The van der Waals surface area contributed by atoms with E-state index < -0.39 is 0 Å². The highest BCUT2D eigenvalue weighted by atomic mass is 16.3. The number of anilines is 3. The molecule has 66 heavy (non-hydrogen) atoms. The SMILES string of the molecule is c1ccc(-c2c(-c3ccccc3)c3cc(-c4ccc(N(c5cccc(-c6cccc7ccccc67)c5)c5cccc6oc7c8ccccc8ccc7c56)cc4)ccc3c3ccccc23)cc1. The number of furan rings is 1. The summed E-state index contributed by atoms with van der Waals surface area (Å²) < 4.78 is 6.76. The molecule has 1 aromatic heterocycles. The summed E-state index contributed by atoms with van der Waals surface area (Å²) >= 11 is 0. The molecular formula is C64H41NO. The summed E-state index contributed by atoms with van der Waals surface area (Å²) in [7, 11) is 0. The van der Waals surface area contributed by atoms with Crippen LogP contribution in [0, 0.1) is 0 Å². The predicted octanol–water partition coefficient (Wildman–Crippen LogP) is 18.3. The molecule has 12 aromatic carbocycles. The summed E-state index contributed by atoms with van der Waals surface area (Å²) in [6, 6.07) is 90.2. The summed E-state index contributed by atoms with van der Waals surface area (Å²) in [4.78, 5) is 2.40. The predicted molar refractivity (Wildman–Crippen MR) is 280 cm³/mol. The molecule has 0 spiro atoms. The number of fused-ring (bicyclic) bond motifs is 9. The van der Waals surface area contributed by atoms with Gasteiger partial charge in [-0.3, -0.25) is 0 Å². The molecule has 0 saturated carbocycles. The molecule has 13 aromatic rings. The first-order valence-corrected chi connectivity index (χ1v) is 22.7. The van der Waals surface area contributed by atoms with Crippen LogP contribution >= 0.6 is 0 Å². The fraction of sp³-hybridized carbons (Fsp3) is 0. The highest BCUT2D eigenvalue weighted by Gasteiger charge is 2.22. The Morgan fingerprint density at radius 3 is 1.62 bits per heavy atom. The third-order valence-electron chi connectivity index (χ3n) is 13.4. The zero-order valence-corrected chi connectivity index (χ0v) is 36.0. The van der Waals surface area contributed by atoms with Crippen molar-refractivity contribution in [2.24, 2.45) is 0 Å². The summed E-state index contributed by atoms with van der Waals surface area (Å²) in [5.41, 5.74) is 14.5. The molecule has 0 saturated heterocycles. The second kappa shape index (κ2) is 15.5. The summed E-state index contributed by atoms with van der Waals surface area (Å²) in [6.07, 6.45) is 0. The second-order valence-electron chi connectivity index (χ2n) is 17.2. The number of rotatable bonds is 7. The topological polar surface area (TPSA) is 16.4 Å². The minimum atomic E-state index is 0.860. The molecule has 0 atom stereocenters. The van der Waals surface area contributed by atoms with E-state index in [0.717, 1.165) is 60.9 Å². The molecule has 2 heteroatoms. The van der Waals surface area contributed by atoms with Crippen LogP contribution in [-0.4, -0.2) is 0 Å². The molecule has 2 nitrogen and oxygen atoms in total. The van der Waals surface area contributed by atoms with Crippen molar-refractivity contribution in [1.29, 1.82) is 0 Å². The second-order valence-corrected chi connectivity index (χ2v) is 17.2. The van der Waals surface area contributed by atoms with E-state index in [4.69, 9.17) is 4.42 Å². The Morgan fingerprint density at radius 2 is 0.848 bits per heavy atom. The first-order valence-electron chi connectivity index (χ1n) is 22.7. The van der Waals surface area contributed by atoms with Gasteiger partial charge in [-0.15, -0.1) is 0 Å². The Bertz CT molecular complexity index is 3970. The zero-order valence-electron chi connectivity index (χ0n) is 36.0. The van der Waals surface area contributed by atoms with E-state index in [9.17, 15) is 0 Å². The van der Waals surface area contributed by atoms with Crippen molar-refractivity contribution in [3.8, 4) is 44.5 Å². The van der Waals surface area contributed by atoms with Crippen LogP contribution in [0.2, 0.25) is 0 Å². The molecule has 0 aliphatic rings. The maximum atomic E-state index is 6.76. The van der Waals surface area contributed by atoms with Crippen molar-refractivity contribution in [1.82, 2.24) is 0 Å². The maximum Gasteiger partial charge on any atom is 0.143 e. The number of hydrogen-bond donors (Lipinski definition) is 0. The van der Waals surface area contributed by atoms with Crippen molar-refractivity contribution in [2.75, 3.05) is 4.90 Å². The lowest BCUT2D eigenvalue weighted by molar-refractivity contribution is 0.672. The summed E-state index contributed by atoms with van der Waals surface area (Å²) in [5, 5.41) is 11.9. The number of nitrogens with zero attached hydrogens (tertiary/aromatic N) is 1. The fourth-order valence-corrected chi connectivity index (χ4v) is 10.4. The normalized spacial score (nSPS) is 11.6. The highest BCUT2D eigenvalue weighted by Crippen LogP contribution is 2.48. The van der Waals surface area contributed by atoms with Gasteiger partial charge in [-0.05, 0) is 131 Å². The average Bonchev–Trinajstić information content (AvgIpc) is 3.79. The highest BCUT2D eigenvalue weighted by molar-refractivity contribution is 6.23. The Kier molecular flexibility index (Phi) is 8.89. The Balaban J connectivity index is 1.00. The minimum absolute atomic E-state index is 0.860. The van der Waals surface area contributed by atoms with E-state index in [2.05, 4.69) is 254 Å². The van der Waals surface area contributed by atoms with Gasteiger partial charge >= 0.3 is 0 Å². The van der Waals surface area contributed by atoms with Crippen LogP contribution in [-0.2, 0) is 0 Å². The van der Waals surface area contributed by atoms with E-state index in [1.165, 1.54) is 65.7 Å². The largest absolute Gasteiger partial charge is 0.455 e. The van der Waals surface area contributed by atoms with E-state index in [-0.39, 0.29) is 0 Å². The van der Waals surface area contributed by atoms with Gasteiger partial charge in [0.05, 0.1) is 11.1 Å². The molecule has 1 heterocycles. The van der Waals surface area contributed by atoms with Crippen LogP contribution < -0.4 is 4.90 Å². The monoisotopic (exact) mass is 839 g/mol. The Labute approximate surface area is 382 Å². The molecule has 0 aliphatic carbocycles. The molecular weight excluding hydrogens is 799 g/mol.